The van der Waals surface area contributed by atoms with Crippen LogP contribution in [0.3, 0.4) is 0 Å². The number of esters is 1. The third-order valence-electron chi connectivity index (χ3n) is 3.03. The molecule has 0 aromatic rings. The number of nitrogens with two attached hydrogens (primary N) is 1. The number of nitrogens with zero attached hydrogens (tertiary/aromatic N) is 1. The lowest BCUT2D eigenvalue weighted by Crippen LogP contribution is -2.50. The predicted octanol–water partition coefficient (Wildman–Crippen LogP) is 0.219. The number of hydrogen-bond donors (Lipinski definition) is 1. The van der Waals surface area contributed by atoms with Gasteiger partial charge >= 0.3 is 5.97 Å². The fourth-order valence-corrected chi connectivity index (χ4v) is 2.14. The van der Waals surface area contributed by atoms with Crippen LogP contribution in [0.1, 0.15) is 19.8 Å². The molecular formula is C10H20N2O2. The number of hydrogen-bond acceptors (Lipinski definition) is 4. The minimum atomic E-state index is -0.169. The van der Waals surface area contributed by atoms with Gasteiger partial charge in [-0.15, -0.1) is 0 Å². The number of carbonyl (C=O) groups is 1. The van der Waals surface area contributed by atoms with E-state index in [0.717, 1.165) is 13.0 Å². The summed E-state index contributed by atoms with van der Waals surface area (Å²) in [4.78, 5) is 13.3. The van der Waals surface area contributed by atoms with Gasteiger partial charge in [0.05, 0.1) is 13.7 Å². The zero-order valence-electron chi connectivity index (χ0n) is 9.03. The van der Waals surface area contributed by atoms with Gasteiger partial charge in [-0.1, -0.05) is 6.92 Å². The number of carbonyl (C=O) groups excluding carboxylic acids is 1. The average molecular weight is 200 g/mol. The molecule has 1 aliphatic heterocycles. The van der Waals surface area contributed by atoms with Gasteiger partial charge in [0.1, 0.15) is 0 Å². The maximum Gasteiger partial charge on any atom is 0.319 e. The summed E-state index contributed by atoms with van der Waals surface area (Å²) in [7, 11) is 1.42. The van der Waals surface area contributed by atoms with E-state index in [0.29, 0.717) is 25.0 Å². The Labute approximate surface area is 85.4 Å². The Kier molecular flexibility index (Phi) is 4.35. The highest BCUT2D eigenvalue weighted by atomic mass is 16.5. The van der Waals surface area contributed by atoms with Crippen LogP contribution in [0.2, 0.25) is 0 Å². The highest BCUT2D eigenvalue weighted by Crippen LogP contribution is 2.22. The topological polar surface area (TPSA) is 55.6 Å². The van der Waals surface area contributed by atoms with E-state index < -0.39 is 0 Å². The molecule has 0 saturated carbocycles. The molecule has 0 radical (unpaired) electrons. The van der Waals surface area contributed by atoms with Crippen LogP contribution in [-0.4, -0.2) is 43.7 Å². The van der Waals surface area contributed by atoms with E-state index in [1.165, 1.54) is 13.5 Å². The summed E-state index contributed by atoms with van der Waals surface area (Å²) in [6.45, 7) is 4.16. The maximum atomic E-state index is 11.1. The van der Waals surface area contributed by atoms with Gasteiger partial charge in [-0.25, -0.2) is 0 Å². The van der Waals surface area contributed by atoms with Crippen LogP contribution in [0, 0.1) is 5.92 Å². The van der Waals surface area contributed by atoms with Crippen molar-refractivity contribution in [1.29, 1.82) is 0 Å². The first-order valence-corrected chi connectivity index (χ1v) is 5.20. The van der Waals surface area contributed by atoms with Crippen molar-refractivity contribution in [2.75, 3.05) is 26.7 Å². The lowest BCUT2D eigenvalue weighted by molar-refractivity contribution is -0.143. The van der Waals surface area contributed by atoms with Crippen LogP contribution in [0.4, 0.5) is 0 Å². The summed E-state index contributed by atoms with van der Waals surface area (Å²) in [6, 6.07) is 0.336. The molecule has 4 nitrogen and oxygen atoms in total. The molecule has 1 rings (SSSR count). The molecule has 2 unspecified atom stereocenters. The molecule has 0 aromatic carbocycles. The number of likely N-dealkylation sites (tertiary alicyclic amines) is 1. The van der Waals surface area contributed by atoms with Crippen molar-refractivity contribution in [3.8, 4) is 0 Å². The third kappa shape index (κ3) is 2.69. The molecule has 0 bridgehead atoms. The SMILES string of the molecule is COC(=O)CN1CCCC(C)C1CN. The molecule has 0 spiro atoms. The van der Waals surface area contributed by atoms with E-state index >= 15 is 0 Å². The van der Waals surface area contributed by atoms with Crippen LogP contribution in [0.25, 0.3) is 0 Å². The average Bonchev–Trinajstić information content (AvgIpc) is 2.18. The van der Waals surface area contributed by atoms with Crippen LogP contribution >= 0.6 is 0 Å². The van der Waals surface area contributed by atoms with Crippen molar-refractivity contribution in [2.24, 2.45) is 11.7 Å². The molecule has 1 fully saturated rings. The van der Waals surface area contributed by atoms with Crippen LogP contribution in [0.15, 0.2) is 0 Å². The molecule has 0 aromatic heterocycles. The van der Waals surface area contributed by atoms with E-state index in [4.69, 9.17) is 5.73 Å². The van der Waals surface area contributed by atoms with Gasteiger partial charge in [0.15, 0.2) is 0 Å². The van der Waals surface area contributed by atoms with Gasteiger partial charge in [-0.3, -0.25) is 9.69 Å². The van der Waals surface area contributed by atoms with Gasteiger partial charge < -0.3 is 10.5 Å². The Morgan fingerprint density at radius 1 is 1.64 bits per heavy atom. The van der Waals surface area contributed by atoms with E-state index in [-0.39, 0.29) is 5.97 Å². The maximum absolute atomic E-state index is 11.1. The lowest BCUT2D eigenvalue weighted by atomic mass is 9.91. The quantitative estimate of drug-likeness (QED) is 0.662. The first-order chi connectivity index (χ1) is 6.69. The third-order valence-corrected chi connectivity index (χ3v) is 3.03. The van der Waals surface area contributed by atoms with E-state index in [9.17, 15) is 4.79 Å². The summed E-state index contributed by atoms with van der Waals surface area (Å²) in [5.41, 5.74) is 5.71. The lowest BCUT2D eigenvalue weighted by Gasteiger charge is -2.38. The standard InChI is InChI=1S/C10H20N2O2/c1-8-4-3-5-12(9(8)6-11)7-10(13)14-2/h8-9H,3-7,11H2,1-2H3. The fraction of sp³-hybridized carbons (Fsp3) is 0.900. The molecular weight excluding hydrogens is 180 g/mol. The van der Waals surface area contributed by atoms with Crippen molar-refractivity contribution in [3.63, 3.8) is 0 Å². The second-order valence-electron chi connectivity index (χ2n) is 3.97. The number of ether oxygens (including phenoxy) is 1. The molecule has 1 heterocycles. The zero-order chi connectivity index (χ0) is 10.6. The summed E-state index contributed by atoms with van der Waals surface area (Å²) < 4.78 is 4.66. The van der Waals surface area contributed by atoms with E-state index in [1.807, 2.05) is 0 Å². The van der Waals surface area contributed by atoms with Crippen molar-refractivity contribution >= 4 is 5.97 Å². The van der Waals surface area contributed by atoms with Gasteiger partial charge in [-0.05, 0) is 25.3 Å². The Morgan fingerprint density at radius 3 is 2.93 bits per heavy atom. The van der Waals surface area contributed by atoms with Gasteiger partial charge in [0.25, 0.3) is 0 Å². The Hall–Kier alpha value is -0.610. The van der Waals surface area contributed by atoms with Gasteiger partial charge in [0.2, 0.25) is 0 Å². The fourth-order valence-electron chi connectivity index (χ4n) is 2.14. The molecule has 0 aliphatic carbocycles. The normalized spacial score (nSPS) is 28.8. The molecule has 4 heteroatoms. The molecule has 2 N–H and O–H groups in total. The smallest absolute Gasteiger partial charge is 0.319 e. The summed E-state index contributed by atoms with van der Waals surface area (Å²) in [6.07, 6.45) is 2.36. The Bertz CT molecular complexity index is 197. The first-order valence-electron chi connectivity index (χ1n) is 5.20. The van der Waals surface area contributed by atoms with Crippen molar-refractivity contribution < 1.29 is 9.53 Å². The van der Waals surface area contributed by atoms with Gasteiger partial charge in [0, 0.05) is 12.6 Å². The molecule has 0 amide bonds. The Morgan fingerprint density at radius 2 is 2.36 bits per heavy atom. The Balaban J connectivity index is 2.51. The number of methoxy groups -OCH3 is 1. The molecule has 82 valence electrons. The molecule has 2 atom stereocenters. The van der Waals surface area contributed by atoms with Crippen molar-refractivity contribution in [1.82, 2.24) is 4.90 Å². The van der Waals surface area contributed by atoms with Crippen LogP contribution < -0.4 is 5.73 Å². The van der Waals surface area contributed by atoms with Crippen molar-refractivity contribution in [2.45, 2.75) is 25.8 Å². The van der Waals surface area contributed by atoms with Crippen LogP contribution in [-0.2, 0) is 9.53 Å². The second kappa shape index (κ2) is 5.32. The summed E-state index contributed by atoms with van der Waals surface area (Å²) >= 11 is 0. The number of rotatable bonds is 3. The van der Waals surface area contributed by atoms with Crippen LogP contribution in [0.5, 0.6) is 0 Å². The largest absolute Gasteiger partial charge is 0.468 e. The van der Waals surface area contributed by atoms with Gasteiger partial charge in [-0.2, -0.15) is 0 Å². The minimum absolute atomic E-state index is 0.169. The molecule has 14 heavy (non-hydrogen) atoms. The highest BCUT2D eigenvalue weighted by Gasteiger charge is 2.28. The predicted molar refractivity (Wildman–Crippen MR) is 54.8 cm³/mol. The molecule has 1 aliphatic rings. The second-order valence-corrected chi connectivity index (χ2v) is 3.97. The highest BCUT2D eigenvalue weighted by molar-refractivity contribution is 5.71. The minimum Gasteiger partial charge on any atom is -0.468 e. The van der Waals surface area contributed by atoms with Crippen molar-refractivity contribution in [3.05, 3.63) is 0 Å². The molecule has 1 saturated heterocycles. The summed E-state index contributed by atoms with van der Waals surface area (Å²) in [5.74, 6) is 0.413. The zero-order valence-corrected chi connectivity index (χ0v) is 9.03. The first kappa shape index (κ1) is 11.5. The van der Waals surface area contributed by atoms with E-state index in [1.54, 1.807) is 0 Å². The monoisotopic (exact) mass is 200 g/mol. The number of piperidine rings is 1. The van der Waals surface area contributed by atoms with E-state index in [2.05, 4.69) is 16.6 Å². The summed E-state index contributed by atoms with van der Waals surface area (Å²) in [5, 5.41) is 0.